The average molecular weight is 1340 g/mol. The minimum absolute atomic E-state index is 0.0256. The molecule has 2 unspecified atom stereocenters. The van der Waals surface area contributed by atoms with Crippen LogP contribution >= 0.6 is 0 Å². The largest absolute Gasteiger partial charge is 0.466 e. The smallest absolute Gasteiger partial charge is 0.305 e. The highest BCUT2D eigenvalue weighted by atomic mass is 16.5. The monoisotopic (exact) mass is 1330 g/mol. The molecular formula is C89H171NO5. The third-order valence-corrected chi connectivity index (χ3v) is 20.7. The van der Waals surface area contributed by atoms with Crippen LogP contribution in [0.25, 0.3) is 0 Å². The van der Waals surface area contributed by atoms with Crippen LogP contribution in [0.4, 0.5) is 0 Å². The standard InChI is InChI=1S/C89H171NO5/c1-3-5-7-9-11-13-15-17-19-21-23-43-46-49-53-57-61-65-69-73-77-81-87(92)86(85-91)90-88(93)82-78-74-70-66-62-58-54-50-47-44-41-39-37-35-33-31-29-27-25-24-26-28-30-32-34-36-38-40-42-45-48-52-56-60-64-68-72-76-80-84-95-89(94)83-79-75-71-67-63-59-55-51-22-20-18-16-14-12-10-8-6-4-2/h24-25,28,30,77,81,86-87,91-92H,3-23,26-27,29,31-76,78-80,82-85H2,1-2H3,(H,90,93)/b25-24-,30-28-,81-77+. The van der Waals surface area contributed by atoms with Crippen molar-refractivity contribution in [1.29, 1.82) is 0 Å². The number of aliphatic hydroxyl groups excluding tert-OH is 2. The van der Waals surface area contributed by atoms with Crippen LogP contribution < -0.4 is 5.32 Å². The van der Waals surface area contributed by atoms with Gasteiger partial charge in [-0.1, -0.05) is 455 Å². The Bertz CT molecular complexity index is 1540. The minimum Gasteiger partial charge on any atom is -0.466 e. The van der Waals surface area contributed by atoms with E-state index in [2.05, 4.69) is 43.5 Å². The van der Waals surface area contributed by atoms with Gasteiger partial charge in [-0.05, 0) is 64.2 Å². The summed E-state index contributed by atoms with van der Waals surface area (Å²) in [4.78, 5) is 24.7. The second kappa shape index (κ2) is 84.5. The van der Waals surface area contributed by atoms with Gasteiger partial charge in [-0.3, -0.25) is 9.59 Å². The molecule has 2 atom stereocenters. The molecule has 0 heterocycles. The molecule has 0 aromatic heterocycles. The molecular weight excluding hydrogens is 1160 g/mol. The van der Waals surface area contributed by atoms with Crippen molar-refractivity contribution < 1.29 is 24.5 Å². The number of amides is 1. The van der Waals surface area contributed by atoms with Crippen LogP contribution in [0.3, 0.4) is 0 Å². The molecule has 0 aliphatic heterocycles. The van der Waals surface area contributed by atoms with Gasteiger partial charge in [0.15, 0.2) is 0 Å². The molecule has 0 bridgehead atoms. The van der Waals surface area contributed by atoms with Crippen LogP contribution in [0.15, 0.2) is 36.5 Å². The molecule has 0 rings (SSSR count). The Morgan fingerprint density at radius 3 is 0.800 bits per heavy atom. The summed E-state index contributed by atoms with van der Waals surface area (Å²) in [6.07, 6.45) is 112. The maximum absolute atomic E-state index is 12.6. The van der Waals surface area contributed by atoms with Crippen LogP contribution in [0.5, 0.6) is 0 Å². The highest BCUT2D eigenvalue weighted by molar-refractivity contribution is 5.76. The van der Waals surface area contributed by atoms with E-state index in [9.17, 15) is 19.8 Å². The molecule has 6 heteroatoms. The molecule has 0 aliphatic carbocycles. The SMILES string of the molecule is CCCCCCCCCCCCCCCCCCCCC/C=C/C(O)C(CO)NC(=O)CCCCCCCCCCCCCCCCCCC/C=C\C/C=C\CCCCCCCCCCCCCCCCCOC(=O)CCCCCCCCCCCCCCCCCCCC. The van der Waals surface area contributed by atoms with Crippen molar-refractivity contribution in [3.63, 3.8) is 0 Å². The van der Waals surface area contributed by atoms with E-state index in [0.29, 0.717) is 19.4 Å². The number of hydrogen-bond acceptors (Lipinski definition) is 5. The Morgan fingerprint density at radius 1 is 0.295 bits per heavy atom. The number of hydrogen-bond donors (Lipinski definition) is 3. The number of unbranched alkanes of at least 4 members (excludes halogenated alkanes) is 68. The van der Waals surface area contributed by atoms with Crippen LogP contribution in [0, 0.1) is 0 Å². The Kier molecular flexibility index (Phi) is 82.8. The number of carbonyl (C=O) groups is 2. The lowest BCUT2D eigenvalue weighted by Gasteiger charge is -2.20. The average Bonchev–Trinajstić information content (AvgIpc) is 3.62. The van der Waals surface area contributed by atoms with Crippen molar-refractivity contribution in [2.45, 2.75) is 508 Å². The zero-order valence-electron chi connectivity index (χ0n) is 64.7. The summed E-state index contributed by atoms with van der Waals surface area (Å²) in [5, 5.41) is 23.3. The van der Waals surface area contributed by atoms with E-state index >= 15 is 0 Å². The molecule has 0 aliphatic rings. The maximum atomic E-state index is 12.6. The number of ether oxygens (including phenoxy) is 1. The minimum atomic E-state index is -0.844. The first kappa shape index (κ1) is 93.1. The van der Waals surface area contributed by atoms with Crippen molar-refractivity contribution in [2.75, 3.05) is 13.2 Å². The van der Waals surface area contributed by atoms with Gasteiger partial charge in [0.25, 0.3) is 0 Å². The summed E-state index contributed by atoms with van der Waals surface area (Å²) in [5.74, 6) is -0.0344. The van der Waals surface area contributed by atoms with Crippen molar-refractivity contribution >= 4 is 11.9 Å². The Labute approximate surface area is 595 Å². The summed E-state index contributed by atoms with van der Waals surface area (Å²) >= 11 is 0. The molecule has 0 spiro atoms. The Balaban J connectivity index is 3.36. The van der Waals surface area contributed by atoms with Gasteiger partial charge in [0, 0.05) is 12.8 Å². The number of rotatable bonds is 83. The summed E-state index contributed by atoms with van der Waals surface area (Å²) in [5.41, 5.74) is 0. The molecule has 95 heavy (non-hydrogen) atoms. The molecule has 0 saturated heterocycles. The van der Waals surface area contributed by atoms with Crippen molar-refractivity contribution in [3.8, 4) is 0 Å². The number of nitrogens with one attached hydrogen (secondary N) is 1. The highest BCUT2D eigenvalue weighted by Gasteiger charge is 2.18. The fourth-order valence-electron chi connectivity index (χ4n) is 14.0. The van der Waals surface area contributed by atoms with Crippen molar-refractivity contribution in [2.24, 2.45) is 0 Å². The number of aliphatic hydroxyl groups is 2. The topological polar surface area (TPSA) is 95.9 Å². The number of carbonyl (C=O) groups excluding carboxylic acids is 2. The zero-order chi connectivity index (χ0) is 68.4. The van der Waals surface area contributed by atoms with Gasteiger partial charge in [0.05, 0.1) is 25.4 Å². The molecule has 6 nitrogen and oxygen atoms in total. The van der Waals surface area contributed by atoms with E-state index in [1.165, 1.54) is 424 Å². The molecule has 0 fully saturated rings. The quantitative estimate of drug-likeness (QED) is 0.0320. The second-order valence-corrected chi connectivity index (χ2v) is 30.2. The Morgan fingerprint density at radius 2 is 0.526 bits per heavy atom. The van der Waals surface area contributed by atoms with Gasteiger partial charge in [0.1, 0.15) is 0 Å². The lowest BCUT2D eigenvalue weighted by Crippen LogP contribution is -2.45. The van der Waals surface area contributed by atoms with Gasteiger partial charge in [-0.15, -0.1) is 0 Å². The fourth-order valence-corrected chi connectivity index (χ4v) is 14.0. The normalized spacial score (nSPS) is 12.6. The maximum Gasteiger partial charge on any atom is 0.305 e. The van der Waals surface area contributed by atoms with Gasteiger partial charge < -0.3 is 20.3 Å². The summed E-state index contributed by atoms with van der Waals surface area (Å²) < 4.78 is 5.52. The molecule has 3 N–H and O–H groups in total. The predicted octanol–water partition coefficient (Wildman–Crippen LogP) is 29.3. The van der Waals surface area contributed by atoms with E-state index in [1.54, 1.807) is 6.08 Å². The fraction of sp³-hybridized carbons (Fsp3) is 0.910. The molecule has 0 aromatic rings. The van der Waals surface area contributed by atoms with Gasteiger partial charge in [0.2, 0.25) is 5.91 Å². The van der Waals surface area contributed by atoms with E-state index in [-0.39, 0.29) is 18.5 Å². The second-order valence-electron chi connectivity index (χ2n) is 30.2. The van der Waals surface area contributed by atoms with Crippen molar-refractivity contribution in [3.05, 3.63) is 36.5 Å². The van der Waals surface area contributed by atoms with Gasteiger partial charge in [-0.2, -0.15) is 0 Å². The van der Waals surface area contributed by atoms with E-state index in [4.69, 9.17) is 4.74 Å². The molecule has 0 radical (unpaired) electrons. The van der Waals surface area contributed by atoms with Crippen LogP contribution in [0.1, 0.15) is 495 Å². The van der Waals surface area contributed by atoms with E-state index < -0.39 is 12.1 Å². The van der Waals surface area contributed by atoms with Crippen LogP contribution in [-0.2, 0) is 14.3 Å². The van der Waals surface area contributed by atoms with Crippen molar-refractivity contribution in [1.82, 2.24) is 5.32 Å². The molecule has 1 amide bonds. The van der Waals surface area contributed by atoms with Crippen LogP contribution in [-0.4, -0.2) is 47.4 Å². The van der Waals surface area contributed by atoms with Gasteiger partial charge >= 0.3 is 5.97 Å². The third kappa shape index (κ3) is 80.9. The predicted molar refractivity (Wildman–Crippen MR) is 421 cm³/mol. The third-order valence-electron chi connectivity index (χ3n) is 20.7. The summed E-state index contributed by atoms with van der Waals surface area (Å²) in [6, 6.07) is -0.627. The van der Waals surface area contributed by atoms with Gasteiger partial charge in [-0.25, -0.2) is 0 Å². The first-order valence-electron chi connectivity index (χ1n) is 43.8. The number of esters is 1. The Hall–Kier alpha value is -1.92. The first-order chi connectivity index (χ1) is 47.0. The molecule has 0 saturated carbocycles. The summed E-state index contributed by atoms with van der Waals surface area (Å²) in [6.45, 7) is 4.97. The van der Waals surface area contributed by atoms with E-state index in [0.717, 1.165) is 44.9 Å². The van der Waals surface area contributed by atoms with E-state index in [1.807, 2.05) is 6.08 Å². The molecule has 0 aromatic carbocycles. The highest BCUT2D eigenvalue weighted by Crippen LogP contribution is 2.21. The zero-order valence-corrected chi connectivity index (χ0v) is 64.7. The number of allylic oxidation sites excluding steroid dienone is 5. The summed E-state index contributed by atoms with van der Waals surface area (Å²) in [7, 11) is 0. The first-order valence-corrected chi connectivity index (χ1v) is 43.8. The lowest BCUT2D eigenvalue weighted by atomic mass is 10.0. The van der Waals surface area contributed by atoms with Crippen LogP contribution in [0.2, 0.25) is 0 Å². The lowest BCUT2D eigenvalue weighted by molar-refractivity contribution is -0.143. The molecule has 562 valence electrons.